The van der Waals surface area contributed by atoms with Gasteiger partial charge in [0.1, 0.15) is 17.5 Å². The molecule has 1 aliphatic heterocycles. The number of nitrogens with zero attached hydrogens (tertiary/aromatic N) is 5. The molecule has 0 atom stereocenters. The van der Waals surface area contributed by atoms with E-state index in [2.05, 4.69) is 33.3 Å². The van der Waals surface area contributed by atoms with Crippen LogP contribution in [-0.2, 0) is 12.8 Å². The molecule has 3 heterocycles. The number of rotatable bonds is 4. The Hall–Kier alpha value is -3.02. The average molecular weight is 401 g/mol. The number of halogens is 1. The van der Waals surface area contributed by atoms with Gasteiger partial charge in [-0.1, -0.05) is 25.0 Å². The van der Waals surface area contributed by atoms with Crippen molar-refractivity contribution in [1.82, 2.24) is 19.6 Å². The molecule has 1 saturated carbocycles. The van der Waals surface area contributed by atoms with Crippen LogP contribution in [-0.4, -0.2) is 26.1 Å². The van der Waals surface area contributed by atoms with E-state index in [1.807, 2.05) is 11.3 Å². The molecule has 0 radical (unpaired) electrons. The van der Waals surface area contributed by atoms with Crippen LogP contribution in [0.5, 0.6) is 0 Å². The van der Waals surface area contributed by atoms with Crippen molar-refractivity contribution < 1.29 is 4.39 Å². The molecule has 30 heavy (non-hydrogen) atoms. The van der Waals surface area contributed by atoms with E-state index in [4.69, 9.17) is 4.98 Å². The van der Waals surface area contributed by atoms with Gasteiger partial charge in [0.2, 0.25) is 0 Å². The van der Waals surface area contributed by atoms with Crippen LogP contribution >= 0.6 is 0 Å². The molecule has 4 aromatic rings. The summed E-state index contributed by atoms with van der Waals surface area (Å²) < 4.78 is 16.2. The van der Waals surface area contributed by atoms with Crippen molar-refractivity contribution >= 4 is 28.2 Å². The van der Waals surface area contributed by atoms with Crippen LogP contribution < -0.4 is 4.90 Å². The molecule has 5 nitrogen and oxygen atoms in total. The molecule has 2 aromatic heterocycles. The van der Waals surface area contributed by atoms with E-state index < -0.39 is 0 Å². The minimum Gasteiger partial charge on any atom is -0.325 e. The van der Waals surface area contributed by atoms with Gasteiger partial charge in [-0.15, -0.1) is 10.2 Å². The number of fused-ring (bicyclic) bond motifs is 4. The average Bonchev–Trinajstić information content (AvgIpc) is 3.52. The van der Waals surface area contributed by atoms with E-state index in [0.29, 0.717) is 5.78 Å². The van der Waals surface area contributed by atoms with E-state index in [1.54, 1.807) is 12.1 Å². The van der Waals surface area contributed by atoms with Crippen LogP contribution in [0.4, 0.5) is 15.9 Å². The molecule has 2 aliphatic rings. The first-order valence-electron chi connectivity index (χ1n) is 10.9. The standard InChI is InChI=1S/C24H24FN5/c1-15-27-28-24-26-23(20-14-18(25)11-12-22(20)30(15)24)29-13-3-5-19-17(4-2-6-21(19)29)10-9-16-7-8-16/h2,4,6,11-12,14,16H,3,5,7-10,13H2,1H3. The normalized spacial score (nSPS) is 16.4. The topological polar surface area (TPSA) is 46.3 Å². The van der Waals surface area contributed by atoms with Crippen LogP contribution in [0.1, 0.15) is 42.6 Å². The van der Waals surface area contributed by atoms with Crippen molar-refractivity contribution in [2.45, 2.75) is 45.4 Å². The van der Waals surface area contributed by atoms with Crippen molar-refractivity contribution in [2.24, 2.45) is 5.92 Å². The summed E-state index contributed by atoms with van der Waals surface area (Å²) >= 11 is 0. The zero-order valence-electron chi connectivity index (χ0n) is 17.1. The van der Waals surface area contributed by atoms with Gasteiger partial charge in [-0.3, -0.25) is 4.40 Å². The van der Waals surface area contributed by atoms with Crippen LogP contribution in [0.15, 0.2) is 36.4 Å². The number of benzene rings is 2. The predicted octanol–water partition coefficient (Wildman–Crippen LogP) is 5.15. The highest BCUT2D eigenvalue weighted by Gasteiger charge is 2.26. The van der Waals surface area contributed by atoms with Gasteiger partial charge >= 0.3 is 0 Å². The summed E-state index contributed by atoms with van der Waals surface area (Å²) in [6.45, 7) is 2.76. The fourth-order valence-corrected chi connectivity index (χ4v) is 4.87. The zero-order chi connectivity index (χ0) is 20.2. The molecule has 6 rings (SSSR count). The van der Waals surface area contributed by atoms with Crippen molar-refractivity contribution in [1.29, 1.82) is 0 Å². The van der Waals surface area contributed by atoms with Gasteiger partial charge in [-0.25, -0.2) is 4.39 Å². The Labute approximate surface area is 174 Å². The van der Waals surface area contributed by atoms with Crippen LogP contribution in [0.25, 0.3) is 16.7 Å². The number of hydrogen-bond donors (Lipinski definition) is 0. The third kappa shape index (κ3) is 2.85. The summed E-state index contributed by atoms with van der Waals surface area (Å²) in [6.07, 6.45) is 7.36. The van der Waals surface area contributed by atoms with Crippen molar-refractivity contribution in [2.75, 3.05) is 11.4 Å². The molecule has 0 amide bonds. The second-order valence-electron chi connectivity index (χ2n) is 8.63. The first-order valence-corrected chi connectivity index (χ1v) is 10.9. The maximum absolute atomic E-state index is 14.3. The summed E-state index contributed by atoms with van der Waals surface area (Å²) in [7, 11) is 0. The molecule has 2 aromatic carbocycles. The SMILES string of the molecule is Cc1nnc2nc(N3CCCc4c(CCC5CC5)cccc43)c3cc(F)ccc3n12. The Bertz CT molecular complexity index is 1270. The molecular formula is C24H24FN5. The van der Waals surface area contributed by atoms with Crippen molar-refractivity contribution in [3.8, 4) is 0 Å². The third-order valence-corrected chi connectivity index (χ3v) is 6.58. The Kier molecular flexibility index (Phi) is 4.01. The van der Waals surface area contributed by atoms with E-state index in [0.717, 1.165) is 54.3 Å². The second kappa shape index (κ2) is 6.76. The summed E-state index contributed by atoms with van der Waals surface area (Å²) in [4.78, 5) is 7.11. The van der Waals surface area contributed by atoms with E-state index in [1.165, 1.54) is 42.1 Å². The van der Waals surface area contributed by atoms with Crippen molar-refractivity contribution in [3.63, 3.8) is 0 Å². The monoisotopic (exact) mass is 401 g/mol. The molecule has 0 unspecified atom stereocenters. The summed E-state index contributed by atoms with van der Waals surface area (Å²) in [5.74, 6) is 2.74. The van der Waals surface area contributed by atoms with E-state index in [9.17, 15) is 4.39 Å². The van der Waals surface area contributed by atoms with E-state index >= 15 is 0 Å². The minimum absolute atomic E-state index is 0.258. The van der Waals surface area contributed by atoms with Crippen LogP contribution in [0.2, 0.25) is 0 Å². The number of hydrogen-bond acceptors (Lipinski definition) is 4. The molecule has 0 bridgehead atoms. The van der Waals surface area contributed by atoms with Gasteiger partial charge in [-0.2, -0.15) is 4.98 Å². The number of aromatic nitrogens is 4. The fourth-order valence-electron chi connectivity index (χ4n) is 4.87. The lowest BCUT2D eigenvalue weighted by Crippen LogP contribution is -2.26. The maximum Gasteiger partial charge on any atom is 0.257 e. The lowest BCUT2D eigenvalue weighted by Gasteiger charge is -2.32. The highest BCUT2D eigenvalue weighted by atomic mass is 19.1. The van der Waals surface area contributed by atoms with Crippen LogP contribution in [0, 0.1) is 18.7 Å². The number of aryl methyl sites for hydroxylation is 2. The largest absolute Gasteiger partial charge is 0.325 e. The third-order valence-electron chi connectivity index (χ3n) is 6.58. The lowest BCUT2D eigenvalue weighted by atomic mass is 9.93. The molecule has 0 N–H and O–H groups in total. The fraction of sp³-hybridized carbons (Fsp3) is 0.375. The van der Waals surface area contributed by atoms with Gasteiger partial charge in [-0.05, 0) is 73.9 Å². The van der Waals surface area contributed by atoms with Gasteiger partial charge in [0.25, 0.3) is 5.78 Å². The second-order valence-corrected chi connectivity index (χ2v) is 8.63. The molecule has 1 fully saturated rings. The molecule has 6 heteroatoms. The molecule has 0 spiro atoms. The van der Waals surface area contributed by atoms with Crippen molar-refractivity contribution in [3.05, 3.63) is 59.2 Å². The Morgan fingerprint density at radius 2 is 2.03 bits per heavy atom. The maximum atomic E-state index is 14.3. The smallest absolute Gasteiger partial charge is 0.257 e. The Morgan fingerprint density at radius 1 is 1.13 bits per heavy atom. The molecule has 1 aliphatic carbocycles. The first-order chi connectivity index (χ1) is 14.7. The summed E-state index contributed by atoms with van der Waals surface area (Å²) in [5, 5.41) is 9.25. The minimum atomic E-state index is -0.258. The van der Waals surface area contributed by atoms with E-state index in [-0.39, 0.29) is 5.82 Å². The summed E-state index contributed by atoms with van der Waals surface area (Å²) in [5.41, 5.74) is 4.97. The number of anilines is 2. The lowest BCUT2D eigenvalue weighted by molar-refractivity contribution is 0.629. The quantitative estimate of drug-likeness (QED) is 0.474. The van der Waals surface area contributed by atoms with Gasteiger partial charge in [0.05, 0.1) is 5.52 Å². The Balaban J connectivity index is 1.53. The predicted molar refractivity (Wildman–Crippen MR) is 116 cm³/mol. The summed E-state index contributed by atoms with van der Waals surface area (Å²) in [6, 6.07) is 11.5. The first kappa shape index (κ1) is 17.8. The molecule has 0 saturated heterocycles. The van der Waals surface area contributed by atoms with Gasteiger partial charge < -0.3 is 4.90 Å². The van der Waals surface area contributed by atoms with Gasteiger partial charge in [0, 0.05) is 17.6 Å². The highest BCUT2D eigenvalue weighted by Crippen LogP contribution is 2.40. The molecular weight excluding hydrogens is 377 g/mol. The highest BCUT2D eigenvalue weighted by molar-refractivity contribution is 5.94. The van der Waals surface area contributed by atoms with Gasteiger partial charge in [0.15, 0.2) is 0 Å². The van der Waals surface area contributed by atoms with Crippen LogP contribution in [0.3, 0.4) is 0 Å². The zero-order valence-corrected chi connectivity index (χ0v) is 17.1. The molecule has 152 valence electrons. The Morgan fingerprint density at radius 3 is 2.90 bits per heavy atom.